The van der Waals surface area contributed by atoms with Gasteiger partial charge in [0.1, 0.15) is 12.4 Å². The van der Waals surface area contributed by atoms with Crippen LogP contribution < -0.4 is 15.4 Å². The molecular formula is C14H18N2O3S. The lowest BCUT2D eigenvalue weighted by molar-refractivity contribution is -0.117. The molecule has 2 N–H and O–H groups in total. The summed E-state index contributed by atoms with van der Waals surface area (Å²) in [4.78, 5) is 10.9. The number of benzene rings is 1. The van der Waals surface area contributed by atoms with Crippen molar-refractivity contribution in [2.75, 3.05) is 18.5 Å². The second-order valence-corrected chi connectivity index (χ2v) is 4.99. The molecule has 1 aromatic carbocycles. The van der Waals surface area contributed by atoms with E-state index in [4.69, 9.17) is 21.7 Å². The number of anilines is 1. The maximum atomic E-state index is 10.9. The normalized spacial score (nSPS) is 17.6. The summed E-state index contributed by atoms with van der Waals surface area (Å²) in [6.07, 6.45) is 2.27. The number of carbonyl (C=O) groups is 1. The third kappa shape index (κ3) is 4.47. The van der Waals surface area contributed by atoms with E-state index in [0.29, 0.717) is 12.4 Å². The predicted octanol–water partition coefficient (Wildman–Crippen LogP) is 2.08. The minimum atomic E-state index is -0.208. The zero-order valence-corrected chi connectivity index (χ0v) is 12.2. The lowest BCUT2D eigenvalue weighted by Crippen LogP contribution is -2.32. The van der Waals surface area contributed by atoms with Crippen molar-refractivity contribution in [2.24, 2.45) is 0 Å². The van der Waals surface area contributed by atoms with Crippen molar-refractivity contribution in [1.29, 1.82) is 0 Å². The van der Waals surface area contributed by atoms with E-state index in [9.17, 15) is 4.79 Å². The molecule has 1 amide bonds. The first kappa shape index (κ1) is 14.7. The van der Waals surface area contributed by atoms with Crippen LogP contribution in [0, 0.1) is 0 Å². The number of rotatable bonds is 4. The van der Waals surface area contributed by atoms with Gasteiger partial charge in [0.25, 0.3) is 0 Å². The molecule has 0 aliphatic carbocycles. The highest BCUT2D eigenvalue weighted by Crippen LogP contribution is 2.24. The molecule has 2 rings (SSSR count). The Hall–Kier alpha value is -1.66. The monoisotopic (exact) mass is 294 g/mol. The van der Waals surface area contributed by atoms with Crippen molar-refractivity contribution >= 4 is 28.9 Å². The van der Waals surface area contributed by atoms with E-state index in [0.717, 1.165) is 25.1 Å². The molecular weight excluding hydrogens is 276 g/mol. The summed E-state index contributed by atoms with van der Waals surface area (Å²) < 4.78 is 11.3. The van der Waals surface area contributed by atoms with Gasteiger partial charge >= 0.3 is 0 Å². The third-order valence-corrected chi connectivity index (χ3v) is 3.08. The molecule has 0 radical (unpaired) electrons. The standard InChI is InChI=1S/C14H18N2O3S/c1-10(17)15-14(20)16-12-6-2-3-7-13(12)19-9-11-5-4-8-18-11/h2-3,6-7,11H,4-5,8-9H2,1H3,(H2,15,16,17,20). The van der Waals surface area contributed by atoms with Gasteiger partial charge < -0.3 is 20.1 Å². The van der Waals surface area contributed by atoms with Gasteiger partial charge in [-0.1, -0.05) is 12.1 Å². The predicted molar refractivity (Wildman–Crippen MR) is 80.9 cm³/mol. The quantitative estimate of drug-likeness (QED) is 0.833. The molecule has 0 spiro atoms. The van der Waals surface area contributed by atoms with Gasteiger partial charge in [-0.3, -0.25) is 4.79 Å². The summed E-state index contributed by atoms with van der Waals surface area (Å²) in [5.41, 5.74) is 0.726. The van der Waals surface area contributed by atoms with Gasteiger partial charge in [0.15, 0.2) is 5.11 Å². The van der Waals surface area contributed by atoms with Crippen molar-refractivity contribution < 1.29 is 14.3 Å². The Labute approximate surface area is 123 Å². The SMILES string of the molecule is CC(=O)NC(=S)Nc1ccccc1OCC1CCCO1. The molecule has 6 heteroatoms. The molecule has 0 aromatic heterocycles. The van der Waals surface area contributed by atoms with Crippen LogP contribution in [0.1, 0.15) is 19.8 Å². The minimum Gasteiger partial charge on any atom is -0.489 e. The van der Waals surface area contributed by atoms with Gasteiger partial charge in [-0.15, -0.1) is 0 Å². The van der Waals surface area contributed by atoms with E-state index >= 15 is 0 Å². The Balaban J connectivity index is 1.94. The highest BCUT2D eigenvalue weighted by atomic mass is 32.1. The number of thiocarbonyl (C=S) groups is 1. The second kappa shape index (κ2) is 7.21. The molecule has 0 bridgehead atoms. The molecule has 0 saturated carbocycles. The molecule has 1 fully saturated rings. The summed E-state index contributed by atoms with van der Waals surface area (Å²) in [6, 6.07) is 7.46. The van der Waals surface area contributed by atoms with Crippen LogP contribution in [0.15, 0.2) is 24.3 Å². The smallest absolute Gasteiger partial charge is 0.222 e. The van der Waals surface area contributed by atoms with Crippen LogP contribution in [0.3, 0.4) is 0 Å². The van der Waals surface area contributed by atoms with Crippen LogP contribution in [0.5, 0.6) is 5.75 Å². The lowest BCUT2D eigenvalue weighted by atomic mass is 10.2. The van der Waals surface area contributed by atoms with Gasteiger partial charge in [0.2, 0.25) is 5.91 Å². The van der Waals surface area contributed by atoms with Gasteiger partial charge in [-0.2, -0.15) is 0 Å². The Morgan fingerprint density at radius 2 is 2.30 bits per heavy atom. The molecule has 1 aliphatic heterocycles. The van der Waals surface area contributed by atoms with Crippen molar-refractivity contribution in [3.63, 3.8) is 0 Å². The fourth-order valence-electron chi connectivity index (χ4n) is 1.97. The third-order valence-electron chi connectivity index (χ3n) is 2.87. The fraction of sp³-hybridized carbons (Fsp3) is 0.429. The Bertz CT molecular complexity index is 487. The van der Waals surface area contributed by atoms with E-state index in [1.165, 1.54) is 6.92 Å². The number of hydrogen-bond acceptors (Lipinski definition) is 4. The van der Waals surface area contributed by atoms with Gasteiger partial charge in [0, 0.05) is 13.5 Å². The van der Waals surface area contributed by atoms with E-state index in [2.05, 4.69) is 10.6 Å². The van der Waals surface area contributed by atoms with Crippen LogP contribution in [0.4, 0.5) is 5.69 Å². The van der Waals surface area contributed by atoms with E-state index < -0.39 is 0 Å². The van der Waals surface area contributed by atoms with Crippen LogP contribution in [0.25, 0.3) is 0 Å². The highest BCUT2D eigenvalue weighted by molar-refractivity contribution is 7.80. The van der Waals surface area contributed by atoms with Gasteiger partial charge in [-0.05, 0) is 37.2 Å². The molecule has 1 heterocycles. The van der Waals surface area contributed by atoms with Gasteiger partial charge in [-0.25, -0.2) is 0 Å². The topological polar surface area (TPSA) is 59.6 Å². The number of ether oxygens (including phenoxy) is 2. The molecule has 1 unspecified atom stereocenters. The summed E-state index contributed by atoms with van der Waals surface area (Å²) in [6.45, 7) is 2.74. The van der Waals surface area contributed by atoms with Crippen LogP contribution in [-0.4, -0.2) is 30.3 Å². The summed E-state index contributed by atoms with van der Waals surface area (Å²) in [7, 11) is 0. The zero-order valence-electron chi connectivity index (χ0n) is 11.3. The molecule has 1 saturated heterocycles. The lowest BCUT2D eigenvalue weighted by Gasteiger charge is -2.16. The zero-order chi connectivity index (χ0) is 14.4. The Morgan fingerprint density at radius 3 is 3.00 bits per heavy atom. The highest BCUT2D eigenvalue weighted by Gasteiger charge is 2.16. The average molecular weight is 294 g/mol. The van der Waals surface area contributed by atoms with E-state index in [1.54, 1.807) is 0 Å². The molecule has 1 atom stereocenters. The molecule has 1 aromatic rings. The van der Waals surface area contributed by atoms with E-state index in [-0.39, 0.29) is 17.1 Å². The maximum absolute atomic E-state index is 10.9. The summed E-state index contributed by atoms with van der Waals surface area (Å²) in [5, 5.41) is 5.72. The number of amides is 1. The van der Waals surface area contributed by atoms with Crippen LogP contribution in [-0.2, 0) is 9.53 Å². The van der Waals surface area contributed by atoms with Gasteiger partial charge in [0.05, 0.1) is 11.8 Å². The molecule has 20 heavy (non-hydrogen) atoms. The Kier molecular flexibility index (Phi) is 5.31. The van der Waals surface area contributed by atoms with Crippen molar-refractivity contribution in [3.8, 4) is 5.75 Å². The Morgan fingerprint density at radius 1 is 1.50 bits per heavy atom. The first-order valence-corrected chi connectivity index (χ1v) is 6.98. The average Bonchev–Trinajstić information content (AvgIpc) is 2.90. The maximum Gasteiger partial charge on any atom is 0.222 e. The first-order valence-electron chi connectivity index (χ1n) is 6.57. The number of carbonyl (C=O) groups excluding carboxylic acids is 1. The number of hydrogen-bond donors (Lipinski definition) is 2. The van der Waals surface area contributed by atoms with Crippen LogP contribution in [0.2, 0.25) is 0 Å². The number of nitrogens with one attached hydrogen (secondary N) is 2. The minimum absolute atomic E-state index is 0.158. The first-order chi connectivity index (χ1) is 9.65. The molecule has 5 nitrogen and oxygen atoms in total. The fourth-order valence-corrected chi connectivity index (χ4v) is 2.22. The van der Waals surface area contributed by atoms with Crippen molar-refractivity contribution in [1.82, 2.24) is 5.32 Å². The van der Waals surface area contributed by atoms with Crippen molar-refractivity contribution in [3.05, 3.63) is 24.3 Å². The number of para-hydroxylation sites is 2. The second-order valence-electron chi connectivity index (χ2n) is 4.58. The van der Waals surface area contributed by atoms with Crippen LogP contribution >= 0.6 is 12.2 Å². The largest absolute Gasteiger partial charge is 0.489 e. The summed E-state index contributed by atoms with van der Waals surface area (Å²) >= 11 is 5.04. The molecule has 108 valence electrons. The summed E-state index contributed by atoms with van der Waals surface area (Å²) in [5.74, 6) is 0.482. The molecule has 1 aliphatic rings. The van der Waals surface area contributed by atoms with Crippen molar-refractivity contribution in [2.45, 2.75) is 25.9 Å². The van der Waals surface area contributed by atoms with E-state index in [1.807, 2.05) is 24.3 Å².